The quantitative estimate of drug-likeness (QED) is 0.854. The zero-order valence-electron chi connectivity index (χ0n) is 16.0. The van der Waals surface area contributed by atoms with Crippen molar-refractivity contribution in [2.45, 2.75) is 43.9 Å². The summed E-state index contributed by atoms with van der Waals surface area (Å²) in [6, 6.07) is 7.21. The molecule has 148 valence electrons. The van der Waals surface area contributed by atoms with E-state index in [4.69, 9.17) is 4.74 Å². The van der Waals surface area contributed by atoms with Crippen LogP contribution in [-0.2, 0) is 15.7 Å². The predicted octanol–water partition coefficient (Wildman–Crippen LogP) is 2.55. The molecule has 0 bridgehead atoms. The summed E-state index contributed by atoms with van der Waals surface area (Å²) in [5.41, 5.74) is 3.21. The first kappa shape index (κ1) is 18.9. The molecule has 4 rings (SSSR count). The minimum absolute atomic E-state index is 0.0605. The van der Waals surface area contributed by atoms with Crippen molar-refractivity contribution in [1.82, 2.24) is 14.5 Å². The molecule has 3 heterocycles. The van der Waals surface area contributed by atoms with Gasteiger partial charge in [0.1, 0.15) is 22.9 Å². The number of nitrogens with zero attached hydrogens (tertiary/aromatic N) is 2. The number of likely N-dealkylation sites (N-methyl/N-ethyl adjacent to an activating group) is 1. The second-order valence-electron chi connectivity index (χ2n) is 7.53. The molecule has 0 saturated carbocycles. The van der Waals surface area contributed by atoms with Crippen LogP contribution in [0.5, 0.6) is 0 Å². The topological polar surface area (TPSA) is 44.8 Å². The van der Waals surface area contributed by atoms with Gasteiger partial charge in [-0.15, -0.1) is 0 Å². The van der Waals surface area contributed by atoms with Crippen molar-refractivity contribution < 1.29 is 13.3 Å². The Hall–Kier alpha value is -1.44. The van der Waals surface area contributed by atoms with Crippen LogP contribution in [0.25, 0.3) is 0 Å². The van der Waals surface area contributed by atoms with Gasteiger partial charge in [0.15, 0.2) is 0 Å². The maximum Gasteiger partial charge on any atom is 0.129 e. The molecule has 3 aliphatic rings. The minimum atomic E-state index is -0.961. The molecule has 1 N–H and O–H groups in total. The molecule has 4 atom stereocenters. The first-order valence-corrected chi connectivity index (χ1v) is 11.2. The number of allylic oxidation sites excluding steroid dienone is 1. The van der Waals surface area contributed by atoms with Crippen LogP contribution in [0, 0.1) is 5.82 Å². The van der Waals surface area contributed by atoms with Gasteiger partial charge in [0.25, 0.3) is 0 Å². The van der Waals surface area contributed by atoms with Crippen LogP contribution in [0.15, 0.2) is 35.7 Å². The molecule has 3 aliphatic heterocycles. The van der Waals surface area contributed by atoms with Crippen molar-refractivity contribution in [3.8, 4) is 0 Å². The minimum Gasteiger partial charge on any atom is -0.370 e. The summed E-state index contributed by atoms with van der Waals surface area (Å²) < 4.78 is 34.6. The van der Waals surface area contributed by atoms with Gasteiger partial charge in [0.05, 0.1) is 12.6 Å². The SMILES string of the molecule is CNC1CC(N2CCC3=C2CCCN3S(C)=O)CO[C@@H]1c1ccccc1F. The lowest BCUT2D eigenvalue weighted by molar-refractivity contribution is -0.0507. The second kappa shape index (κ2) is 7.89. The van der Waals surface area contributed by atoms with E-state index in [1.54, 1.807) is 12.3 Å². The van der Waals surface area contributed by atoms with Crippen LogP contribution in [0.1, 0.15) is 37.4 Å². The summed E-state index contributed by atoms with van der Waals surface area (Å²) in [7, 11) is 0.957. The molecule has 1 aromatic carbocycles. The number of benzene rings is 1. The summed E-state index contributed by atoms with van der Waals surface area (Å²) >= 11 is 0. The van der Waals surface area contributed by atoms with Crippen LogP contribution in [0.4, 0.5) is 4.39 Å². The van der Waals surface area contributed by atoms with E-state index in [0.29, 0.717) is 12.2 Å². The predicted molar refractivity (Wildman–Crippen MR) is 105 cm³/mol. The van der Waals surface area contributed by atoms with Crippen LogP contribution < -0.4 is 5.32 Å². The van der Waals surface area contributed by atoms with E-state index < -0.39 is 11.0 Å². The number of halogens is 1. The Labute approximate surface area is 163 Å². The molecule has 0 aromatic heterocycles. The molecule has 1 aromatic rings. The highest BCUT2D eigenvalue weighted by Gasteiger charge is 2.39. The number of rotatable bonds is 4. The highest BCUT2D eigenvalue weighted by atomic mass is 32.2. The third-order valence-electron chi connectivity index (χ3n) is 6.04. The van der Waals surface area contributed by atoms with Crippen LogP contribution in [0.2, 0.25) is 0 Å². The third kappa shape index (κ3) is 3.52. The first-order chi connectivity index (χ1) is 13.1. The van der Waals surface area contributed by atoms with Gasteiger partial charge < -0.3 is 15.0 Å². The Balaban J connectivity index is 1.52. The molecule has 27 heavy (non-hydrogen) atoms. The van der Waals surface area contributed by atoms with Gasteiger partial charge in [-0.25, -0.2) is 8.60 Å². The molecular weight excluding hydrogens is 365 g/mol. The van der Waals surface area contributed by atoms with E-state index in [0.717, 1.165) is 38.8 Å². The molecule has 7 heteroatoms. The van der Waals surface area contributed by atoms with Gasteiger partial charge >= 0.3 is 0 Å². The summed E-state index contributed by atoms with van der Waals surface area (Å²) in [5.74, 6) is -0.208. The molecule has 1 fully saturated rings. The Morgan fingerprint density at radius 3 is 2.78 bits per heavy atom. The lowest BCUT2D eigenvalue weighted by Crippen LogP contribution is -2.49. The van der Waals surface area contributed by atoms with Crippen molar-refractivity contribution in [3.63, 3.8) is 0 Å². The van der Waals surface area contributed by atoms with E-state index in [2.05, 4.69) is 14.5 Å². The molecular formula is C20H28FN3O2S. The Kier molecular flexibility index (Phi) is 5.53. The summed E-state index contributed by atoms with van der Waals surface area (Å²) in [4.78, 5) is 2.45. The lowest BCUT2D eigenvalue weighted by atomic mass is 9.92. The fourth-order valence-corrected chi connectivity index (χ4v) is 5.65. The second-order valence-corrected chi connectivity index (χ2v) is 8.81. The zero-order valence-corrected chi connectivity index (χ0v) is 16.8. The van der Waals surface area contributed by atoms with Crippen LogP contribution in [0.3, 0.4) is 0 Å². The van der Waals surface area contributed by atoms with Gasteiger partial charge in [0.2, 0.25) is 0 Å². The largest absolute Gasteiger partial charge is 0.370 e. The van der Waals surface area contributed by atoms with Gasteiger partial charge in [-0.2, -0.15) is 0 Å². The van der Waals surface area contributed by atoms with Gasteiger partial charge in [0, 0.05) is 48.8 Å². The normalized spacial score (nSPS) is 29.8. The summed E-state index contributed by atoms with van der Waals surface area (Å²) in [6.07, 6.45) is 5.43. The smallest absolute Gasteiger partial charge is 0.129 e. The third-order valence-corrected chi connectivity index (χ3v) is 7.06. The number of hydrogen-bond acceptors (Lipinski definition) is 4. The van der Waals surface area contributed by atoms with E-state index in [1.807, 2.05) is 19.2 Å². The fraction of sp³-hybridized carbons (Fsp3) is 0.600. The number of ether oxygens (including phenoxy) is 1. The number of hydrogen-bond donors (Lipinski definition) is 1. The molecule has 3 unspecified atom stereocenters. The molecule has 5 nitrogen and oxygen atoms in total. The van der Waals surface area contributed by atoms with E-state index in [1.165, 1.54) is 17.5 Å². The molecule has 0 spiro atoms. The van der Waals surface area contributed by atoms with Crippen molar-refractivity contribution in [2.75, 3.05) is 33.0 Å². The summed E-state index contributed by atoms with van der Waals surface area (Å²) in [5, 5.41) is 3.34. The molecule has 0 radical (unpaired) electrons. The van der Waals surface area contributed by atoms with Crippen molar-refractivity contribution in [3.05, 3.63) is 47.0 Å². The summed E-state index contributed by atoms with van der Waals surface area (Å²) in [6.45, 7) is 2.42. The Morgan fingerprint density at radius 2 is 2.04 bits per heavy atom. The van der Waals surface area contributed by atoms with Crippen molar-refractivity contribution >= 4 is 11.0 Å². The van der Waals surface area contributed by atoms with Crippen LogP contribution in [-0.4, -0.2) is 58.5 Å². The van der Waals surface area contributed by atoms with Crippen molar-refractivity contribution in [1.29, 1.82) is 0 Å². The standard InChI is InChI=1S/C20H28FN3O2S/c1-22-17-12-14(13-26-20(17)15-6-3-4-7-16(15)21)23-11-9-19-18(23)8-5-10-24(19)27(2)25/h3-4,6-7,14,17,20,22H,5,8-13H2,1-2H3/t14?,17?,20-,27?/m1/s1. The number of nitrogens with one attached hydrogen (secondary N) is 1. The van der Waals surface area contributed by atoms with Gasteiger partial charge in [-0.05, 0) is 32.4 Å². The maximum absolute atomic E-state index is 14.3. The molecule has 1 saturated heterocycles. The van der Waals surface area contributed by atoms with Crippen LogP contribution >= 0.6 is 0 Å². The lowest BCUT2D eigenvalue weighted by Gasteiger charge is -2.42. The highest BCUT2D eigenvalue weighted by molar-refractivity contribution is 7.82. The zero-order chi connectivity index (χ0) is 19.0. The fourth-order valence-electron chi connectivity index (χ4n) is 4.75. The first-order valence-electron chi connectivity index (χ1n) is 9.73. The van der Waals surface area contributed by atoms with Crippen molar-refractivity contribution in [2.24, 2.45) is 0 Å². The van der Waals surface area contributed by atoms with E-state index >= 15 is 0 Å². The Morgan fingerprint density at radius 1 is 1.22 bits per heavy atom. The average molecular weight is 394 g/mol. The Bertz CT molecular complexity index is 756. The van der Waals surface area contributed by atoms with E-state index in [-0.39, 0.29) is 24.0 Å². The molecule has 0 amide bonds. The average Bonchev–Trinajstić information content (AvgIpc) is 3.12. The monoisotopic (exact) mass is 393 g/mol. The molecule has 0 aliphatic carbocycles. The maximum atomic E-state index is 14.3. The highest BCUT2D eigenvalue weighted by Crippen LogP contribution is 2.39. The van der Waals surface area contributed by atoms with E-state index in [9.17, 15) is 8.60 Å². The van der Waals surface area contributed by atoms with Gasteiger partial charge in [-0.3, -0.25) is 4.31 Å². The van der Waals surface area contributed by atoms with Gasteiger partial charge in [-0.1, -0.05) is 18.2 Å².